The molecule has 9 N–H and O–H groups in total. The summed E-state index contributed by atoms with van der Waals surface area (Å²) in [7, 11) is 0. The lowest BCUT2D eigenvalue weighted by Gasteiger charge is -2.36. The number of amides is 5. The summed E-state index contributed by atoms with van der Waals surface area (Å²) in [5.74, 6) is -2.39. The smallest absolute Gasteiger partial charge is 0.245 e. The van der Waals surface area contributed by atoms with Gasteiger partial charge in [-0.15, -0.1) is 0 Å². The highest BCUT2D eigenvalue weighted by Crippen LogP contribution is 2.26. The number of nitrogens with one attached hydrogen (secondary N) is 2. The van der Waals surface area contributed by atoms with Crippen LogP contribution in [0.25, 0.3) is 0 Å². The third kappa shape index (κ3) is 11.6. The normalized spacial score (nSPS) is 18.8. The molecule has 0 bridgehead atoms. The topological polar surface area (TPSA) is 227 Å². The molecular formula is C35H56N8O6. The number of carbonyl (C=O) groups excluding carboxylic acids is 5. The van der Waals surface area contributed by atoms with Crippen LogP contribution in [0.2, 0.25) is 0 Å². The van der Waals surface area contributed by atoms with Crippen molar-refractivity contribution in [3.05, 3.63) is 29.8 Å². The van der Waals surface area contributed by atoms with Crippen molar-refractivity contribution in [3.8, 4) is 5.75 Å². The fourth-order valence-electron chi connectivity index (χ4n) is 6.82. The predicted molar refractivity (Wildman–Crippen MR) is 187 cm³/mol. The van der Waals surface area contributed by atoms with E-state index in [4.69, 9.17) is 17.2 Å². The SMILES string of the molecule is CC[C@H](C)[C@H](NC(=O)[C@H](Cc1ccc(O)cc1)N(CC1CCCCC1)C(C)=O)C(=O)N[C@@H](CCCN=C(N)N)C(=O)N1CCC[C@H]1C(N)=O. The van der Waals surface area contributed by atoms with Crippen LogP contribution in [0.15, 0.2) is 29.3 Å². The lowest BCUT2D eigenvalue weighted by atomic mass is 9.88. The Bertz CT molecular complexity index is 1310. The number of likely N-dealkylation sites (tertiary alicyclic amines) is 1. The molecule has 1 aromatic rings. The second-order valence-corrected chi connectivity index (χ2v) is 13.5. The van der Waals surface area contributed by atoms with Crippen molar-refractivity contribution < 1.29 is 29.1 Å². The van der Waals surface area contributed by atoms with Crippen LogP contribution in [0.3, 0.4) is 0 Å². The summed E-state index contributed by atoms with van der Waals surface area (Å²) in [4.78, 5) is 74.3. The molecule has 0 unspecified atom stereocenters. The first kappa shape index (κ1) is 39.1. The number of guanidine groups is 1. The van der Waals surface area contributed by atoms with E-state index in [2.05, 4.69) is 15.6 Å². The predicted octanol–water partition coefficient (Wildman–Crippen LogP) is 1.28. The van der Waals surface area contributed by atoms with Gasteiger partial charge in [0.1, 0.15) is 29.9 Å². The summed E-state index contributed by atoms with van der Waals surface area (Å²) in [6.07, 6.45) is 7.58. The molecule has 1 aliphatic heterocycles. The summed E-state index contributed by atoms with van der Waals surface area (Å²) in [5.41, 5.74) is 17.3. The maximum atomic E-state index is 14.3. The van der Waals surface area contributed by atoms with E-state index in [1.165, 1.54) is 24.0 Å². The highest BCUT2D eigenvalue weighted by atomic mass is 16.3. The van der Waals surface area contributed by atoms with E-state index in [1.54, 1.807) is 17.0 Å². The standard InChI is InChI=1S/C35H56N8O6/c1-4-22(2)30(33(48)40-27(12-8-18-39-35(37)38)34(49)42-19-9-13-28(42)31(36)46)41-32(47)29(20-24-14-16-26(45)17-15-24)43(23(3)44)21-25-10-6-5-7-11-25/h14-17,22,25,27-30,45H,4-13,18-21H2,1-3H3,(H2,36,46)(H,40,48)(H,41,47)(H4,37,38,39)/t22-,27-,28-,29-,30-/m0/s1. The monoisotopic (exact) mass is 684 g/mol. The van der Waals surface area contributed by atoms with E-state index in [1.807, 2.05) is 13.8 Å². The highest BCUT2D eigenvalue weighted by molar-refractivity contribution is 5.95. The number of aromatic hydroxyl groups is 1. The minimum atomic E-state index is -1.03. The molecule has 1 saturated heterocycles. The van der Waals surface area contributed by atoms with Crippen LogP contribution in [0.5, 0.6) is 5.75 Å². The van der Waals surface area contributed by atoms with Gasteiger partial charge in [-0.05, 0) is 68.1 Å². The second-order valence-electron chi connectivity index (χ2n) is 13.5. The number of phenols is 1. The molecule has 14 heteroatoms. The number of primary amides is 1. The Hall–Kier alpha value is -4.36. The van der Waals surface area contributed by atoms with Crippen LogP contribution < -0.4 is 27.8 Å². The molecule has 1 saturated carbocycles. The van der Waals surface area contributed by atoms with Crippen molar-refractivity contribution in [2.75, 3.05) is 19.6 Å². The number of benzene rings is 1. The molecule has 2 fully saturated rings. The van der Waals surface area contributed by atoms with E-state index in [0.29, 0.717) is 38.8 Å². The van der Waals surface area contributed by atoms with Crippen LogP contribution >= 0.6 is 0 Å². The number of phenolic OH excluding ortho intramolecular Hbond substituents is 1. The zero-order valence-electron chi connectivity index (χ0n) is 29.2. The number of hydrogen-bond acceptors (Lipinski definition) is 7. The van der Waals surface area contributed by atoms with Crippen molar-refractivity contribution in [2.45, 2.75) is 116 Å². The fourth-order valence-corrected chi connectivity index (χ4v) is 6.82. The summed E-state index contributed by atoms with van der Waals surface area (Å²) in [5, 5.41) is 15.6. The van der Waals surface area contributed by atoms with Crippen molar-refractivity contribution in [1.82, 2.24) is 20.4 Å². The molecule has 14 nitrogen and oxygen atoms in total. The molecular weight excluding hydrogens is 628 g/mol. The number of nitrogens with two attached hydrogens (primary N) is 3. The van der Waals surface area contributed by atoms with Gasteiger partial charge in [-0.25, -0.2) is 0 Å². The zero-order valence-corrected chi connectivity index (χ0v) is 29.2. The molecule has 5 atom stereocenters. The molecule has 1 aromatic carbocycles. The first-order valence-electron chi connectivity index (χ1n) is 17.6. The van der Waals surface area contributed by atoms with Crippen LogP contribution in [0.1, 0.15) is 90.5 Å². The Morgan fingerprint density at radius 2 is 1.65 bits per heavy atom. The lowest BCUT2D eigenvalue weighted by Crippen LogP contribution is -2.60. The van der Waals surface area contributed by atoms with Crippen molar-refractivity contribution in [1.29, 1.82) is 0 Å². The van der Waals surface area contributed by atoms with Crippen molar-refractivity contribution in [3.63, 3.8) is 0 Å². The molecule has 0 spiro atoms. The Balaban J connectivity index is 1.88. The van der Waals surface area contributed by atoms with Gasteiger partial charge in [0, 0.05) is 33.0 Å². The molecule has 0 radical (unpaired) electrons. The van der Waals surface area contributed by atoms with Gasteiger partial charge >= 0.3 is 0 Å². The molecule has 3 rings (SSSR count). The number of carbonyl (C=O) groups is 5. The Labute approximate surface area is 289 Å². The van der Waals surface area contributed by atoms with Gasteiger partial charge in [-0.1, -0.05) is 51.7 Å². The number of nitrogens with zero attached hydrogens (tertiary/aromatic N) is 3. The van der Waals surface area contributed by atoms with E-state index in [9.17, 15) is 29.1 Å². The van der Waals surface area contributed by atoms with Gasteiger partial charge in [0.25, 0.3) is 0 Å². The quantitative estimate of drug-likeness (QED) is 0.0794. The van der Waals surface area contributed by atoms with Gasteiger partial charge < -0.3 is 42.7 Å². The minimum Gasteiger partial charge on any atom is -0.508 e. The molecule has 0 aromatic heterocycles. The number of rotatable bonds is 17. The van der Waals surface area contributed by atoms with E-state index >= 15 is 0 Å². The summed E-state index contributed by atoms with van der Waals surface area (Å²) in [6, 6.07) is 2.77. The Morgan fingerprint density at radius 1 is 0.980 bits per heavy atom. The number of aliphatic imine (C=N–C) groups is 1. The summed E-state index contributed by atoms with van der Waals surface area (Å²) < 4.78 is 0. The maximum absolute atomic E-state index is 14.3. The lowest BCUT2D eigenvalue weighted by molar-refractivity contribution is -0.143. The van der Waals surface area contributed by atoms with Gasteiger partial charge in [0.2, 0.25) is 29.5 Å². The molecule has 5 amide bonds. The molecule has 1 aliphatic carbocycles. The van der Waals surface area contributed by atoms with E-state index in [-0.39, 0.29) is 48.8 Å². The average Bonchev–Trinajstić information content (AvgIpc) is 3.57. The van der Waals surface area contributed by atoms with Crippen molar-refractivity contribution in [2.24, 2.45) is 34.0 Å². The summed E-state index contributed by atoms with van der Waals surface area (Å²) >= 11 is 0. The highest BCUT2D eigenvalue weighted by Gasteiger charge is 2.39. The fraction of sp³-hybridized carbons (Fsp3) is 0.657. The largest absolute Gasteiger partial charge is 0.508 e. The first-order chi connectivity index (χ1) is 23.3. The van der Waals surface area contributed by atoms with E-state index in [0.717, 1.165) is 37.7 Å². The van der Waals surface area contributed by atoms with Crippen LogP contribution in [-0.4, -0.2) is 94.2 Å². The zero-order chi connectivity index (χ0) is 36.1. The van der Waals surface area contributed by atoms with Crippen LogP contribution in [0, 0.1) is 11.8 Å². The summed E-state index contributed by atoms with van der Waals surface area (Å²) in [6.45, 7) is 6.18. The molecule has 49 heavy (non-hydrogen) atoms. The van der Waals surface area contributed by atoms with E-state index < -0.39 is 47.8 Å². The van der Waals surface area contributed by atoms with Crippen LogP contribution in [-0.2, 0) is 30.4 Å². The molecule has 272 valence electrons. The molecule has 1 heterocycles. The third-order valence-corrected chi connectivity index (χ3v) is 9.85. The van der Waals surface area contributed by atoms with Gasteiger partial charge in [0.15, 0.2) is 5.96 Å². The maximum Gasteiger partial charge on any atom is 0.245 e. The molecule has 2 aliphatic rings. The van der Waals surface area contributed by atoms with Gasteiger partial charge in [-0.2, -0.15) is 0 Å². The van der Waals surface area contributed by atoms with Crippen molar-refractivity contribution >= 4 is 35.5 Å². The minimum absolute atomic E-state index is 0.0855. The first-order valence-corrected chi connectivity index (χ1v) is 17.6. The second kappa shape index (κ2) is 19.0. The third-order valence-electron chi connectivity index (χ3n) is 9.85. The van der Waals surface area contributed by atoms with Gasteiger partial charge in [-0.3, -0.25) is 29.0 Å². The van der Waals surface area contributed by atoms with Gasteiger partial charge in [0.05, 0.1) is 0 Å². The Morgan fingerprint density at radius 3 is 2.24 bits per heavy atom. The van der Waals surface area contributed by atoms with Crippen LogP contribution in [0.4, 0.5) is 0 Å². The Kier molecular flexibility index (Phi) is 15.1. The number of hydrogen-bond donors (Lipinski definition) is 6. The average molecular weight is 685 g/mol.